The van der Waals surface area contributed by atoms with E-state index in [1.807, 2.05) is 35.7 Å². The molecule has 0 spiro atoms. The van der Waals surface area contributed by atoms with Crippen molar-refractivity contribution in [3.05, 3.63) is 65.7 Å². The van der Waals surface area contributed by atoms with Gasteiger partial charge in [0.05, 0.1) is 12.1 Å². The monoisotopic (exact) mass is 378 g/mol. The summed E-state index contributed by atoms with van der Waals surface area (Å²) in [7, 11) is 0. The molecule has 2 aromatic carbocycles. The number of nitrogens with one attached hydrogen (secondary N) is 1. The van der Waals surface area contributed by atoms with Crippen molar-refractivity contribution in [2.45, 2.75) is 12.8 Å². The van der Waals surface area contributed by atoms with Crippen LogP contribution in [0.1, 0.15) is 5.69 Å². The minimum Gasteiger partial charge on any atom is -0.406 e. The first-order valence-corrected chi connectivity index (χ1v) is 8.42. The quantitative estimate of drug-likeness (QED) is 0.688. The molecular formula is C18H13F3N2O2S. The maximum absolute atomic E-state index is 12.1. The van der Waals surface area contributed by atoms with Gasteiger partial charge < -0.3 is 10.1 Å². The van der Waals surface area contributed by atoms with Crippen LogP contribution in [0.15, 0.2) is 60.0 Å². The molecule has 4 nitrogen and oxygen atoms in total. The zero-order valence-corrected chi connectivity index (χ0v) is 14.1. The molecule has 0 radical (unpaired) electrons. The Morgan fingerprint density at radius 3 is 2.42 bits per heavy atom. The Balaban J connectivity index is 1.58. The Morgan fingerprint density at radius 1 is 1.08 bits per heavy atom. The van der Waals surface area contributed by atoms with Gasteiger partial charge in [0.15, 0.2) is 0 Å². The number of anilines is 1. The maximum Gasteiger partial charge on any atom is 0.573 e. The van der Waals surface area contributed by atoms with E-state index in [1.165, 1.54) is 23.5 Å². The second-order valence-corrected chi connectivity index (χ2v) is 6.17. The number of carbonyl (C=O) groups is 1. The molecule has 1 aromatic heterocycles. The molecule has 3 aromatic rings. The largest absolute Gasteiger partial charge is 0.573 e. The fourth-order valence-electron chi connectivity index (χ4n) is 2.21. The SMILES string of the molecule is O=C(Cc1csc(-c2ccccc2)n1)Nc1ccc(OC(F)(F)F)cc1. The van der Waals surface area contributed by atoms with Gasteiger partial charge in [-0.25, -0.2) is 4.98 Å². The fourth-order valence-corrected chi connectivity index (χ4v) is 3.04. The van der Waals surface area contributed by atoms with Crippen molar-refractivity contribution >= 4 is 22.9 Å². The number of halogens is 3. The lowest BCUT2D eigenvalue weighted by Gasteiger charge is -2.09. The molecular weight excluding hydrogens is 365 g/mol. The van der Waals surface area contributed by atoms with Gasteiger partial charge in [0.25, 0.3) is 0 Å². The Morgan fingerprint density at radius 2 is 1.77 bits per heavy atom. The number of amides is 1. The van der Waals surface area contributed by atoms with Crippen molar-refractivity contribution in [2.24, 2.45) is 0 Å². The average Bonchev–Trinajstić information content (AvgIpc) is 3.04. The van der Waals surface area contributed by atoms with Crippen LogP contribution < -0.4 is 10.1 Å². The van der Waals surface area contributed by atoms with Gasteiger partial charge in [-0.2, -0.15) is 0 Å². The lowest BCUT2D eigenvalue weighted by Crippen LogP contribution is -2.17. The summed E-state index contributed by atoms with van der Waals surface area (Å²) in [6.45, 7) is 0. The van der Waals surface area contributed by atoms with Crippen molar-refractivity contribution in [3.8, 4) is 16.3 Å². The highest BCUT2D eigenvalue weighted by Crippen LogP contribution is 2.25. The first-order valence-electron chi connectivity index (χ1n) is 7.54. The number of benzene rings is 2. The zero-order chi connectivity index (χ0) is 18.6. The number of hydrogen-bond acceptors (Lipinski definition) is 4. The smallest absolute Gasteiger partial charge is 0.406 e. The van der Waals surface area contributed by atoms with Gasteiger partial charge in [-0.3, -0.25) is 4.79 Å². The van der Waals surface area contributed by atoms with Gasteiger partial charge in [-0.1, -0.05) is 30.3 Å². The van der Waals surface area contributed by atoms with E-state index < -0.39 is 6.36 Å². The fraction of sp³-hybridized carbons (Fsp3) is 0.111. The maximum atomic E-state index is 12.1. The predicted molar refractivity (Wildman–Crippen MR) is 93.0 cm³/mol. The van der Waals surface area contributed by atoms with E-state index in [9.17, 15) is 18.0 Å². The lowest BCUT2D eigenvalue weighted by molar-refractivity contribution is -0.274. The van der Waals surface area contributed by atoms with Crippen LogP contribution in [0.3, 0.4) is 0 Å². The molecule has 1 N–H and O–H groups in total. The molecule has 0 bridgehead atoms. The summed E-state index contributed by atoms with van der Waals surface area (Å²) in [4.78, 5) is 16.5. The molecule has 8 heteroatoms. The summed E-state index contributed by atoms with van der Waals surface area (Å²) >= 11 is 1.44. The van der Waals surface area contributed by atoms with E-state index in [-0.39, 0.29) is 18.1 Å². The van der Waals surface area contributed by atoms with Gasteiger partial charge in [-0.15, -0.1) is 24.5 Å². The molecule has 0 aliphatic heterocycles. The van der Waals surface area contributed by atoms with Crippen molar-refractivity contribution in [2.75, 3.05) is 5.32 Å². The highest BCUT2D eigenvalue weighted by atomic mass is 32.1. The minimum atomic E-state index is -4.74. The molecule has 0 aliphatic carbocycles. The number of carbonyl (C=O) groups excluding carboxylic acids is 1. The van der Waals surface area contributed by atoms with E-state index in [2.05, 4.69) is 15.0 Å². The van der Waals surface area contributed by atoms with Crippen molar-refractivity contribution in [3.63, 3.8) is 0 Å². The van der Waals surface area contributed by atoms with Crippen molar-refractivity contribution in [1.29, 1.82) is 0 Å². The first-order chi connectivity index (χ1) is 12.4. The summed E-state index contributed by atoms with van der Waals surface area (Å²) in [5.74, 6) is -0.651. The third-order valence-electron chi connectivity index (χ3n) is 3.29. The van der Waals surface area contributed by atoms with Gasteiger partial charge in [0.2, 0.25) is 5.91 Å². The number of alkyl halides is 3. The minimum absolute atomic E-state index is 0.0735. The van der Waals surface area contributed by atoms with Gasteiger partial charge in [0.1, 0.15) is 10.8 Å². The van der Waals surface area contributed by atoms with E-state index >= 15 is 0 Å². The Kier molecular flexibility index (Phi) is 5.22. The summed E-state index contributed by atoms with van der Waals surface area (Å²) in [6.07, 6.45) is -4.67. The number of ether oxygens (including phenoxy) is 1. The highest BCUT2D eigenvalue weighted by Gasteiger charge is 2.30. The number of rotatable bonds is 5. The van der Waals surface area contributed by atoms with Gasteiger partial charge in [-0.05, 0) is 24.3 Å². The number of aromatic nitrogens is 1. The van der Waals surface area contributed by atoms with Gasteiger partial charge >= 0.3 is 6.36 Å². The highest BCUT2D eigenvalue weighted by molar-refractivity contribution is 7.13. The third kappa shape index (κ3) is 5.06. The molecule has 134 valence electrons. The third-order valence-corrected chi connectivity index (χ3v) is 4.23. The summed E-state index contributed by atoms with van der Waals surface area (Å²) in [5.41, 5.74) is 1.98. The number of thiazole rings is 1. The second kappa shape index (κ2) is 7.57. The van der Waals surface area contributed by atoms with E-state index in [0.717, 1.165) is 22.7 Å². The molecule has 0 fully saturated rings. The van der Waals surface area contributed by atoms with Crippen LogP contribution in [0.25, 0.3) is 10.6 Å². The molecule has 1 heterocycles. The van der Waals surface area contributed by atoms with E-state index in [1.54, 1.807) is 0 Å². The molecule has 0 saturated heterocycles. The normalized spacial score (nSPS) is 11.2. The Bertz CT molecular complexity index is 877. The van der Waals surface area contributed by atoms with Crippen LogP contribution in [0.4, 0.5) is 18.9 Å². The van der Waals surface area contributed by atoms with Crippen molar-refractivity contribution < 1.29 is 22.7 Å². The first kappa shape index (κ1) is 17.9. The Hall–Kier alpha value is -2.87. The topological polar surface area (TPSA) is 51.2 Å². The summed E-state index contributed by atoms with van der Waals surface area (Å²) in [5, 5.41) is 5.25. The van der Waals surface area contributed by atoms with Crippen LogP contribution in [-0.2, 0) is 11.2 Å². The molecule has 1 amide bonds. The standard InChI is InChI=1S/C18H13F3N2O2S/c19-18(20,21)25-15-8-6-13(7-9-15)22-16(24)10-14-11-26-17(23-14)12-4-2-1-3-5-12/h1-9,11H,10H2,(H,22,24). The molecule has 3 rings (SSSR count). The zero-order valence-electron chi connectivity index (χ0n) is 13.3. The molecule has 26 heavy (non-hydrogen) atoms. The molecule has 0 atom stereocenters. The van der Waals surface area contributed by atoms with E-state index in [4.69, 9.17) is 0 Å². The summed E-state index contributed by atoms with van der Waals surface area (Å²) < 4.78 is 40.1. The second-order valence-electron chi connectivity index (χ2n) is 5.31. The van der Waals surface area contributed by atoms with E-state index in [0.29, 0.717) is 11.4 Å². The predicted octanol–water partition coefficient (Wildman–Crippen LogP) is 4.89. The number of nitrogens with zero attached hydrogens (tertiary/aromatic N) is 1. The molecule has 0 aliphatic rings. The van der Waals surface area contributed by atoms with Gasteiger partial charge in [0, 0.05) is 16.6 Å². The van der Waals surface area contributed by atoms with Crippen LogP contribution in [0, 0.1) is 0 Å². The summed E-state index contributed by atoms with van der Waals surface area (Å²) in [6, 6.07) is 14.6. The van der Waals surface area contributed by atoms with Crippen LogP contribution in [0.5, 0.6) is 5.75 Å². The van der Waals surface area contributed by atoms with Crippen molar-refractivity contribution in [1.82, 2.24) is 4.98 Å². The Labute approximate surface area is 151 Å². The van der Waals surface area contributed by atoms with Crippen LogP contribution in [-0.4, -0.2) is 17.3 Å². The number of hydrogen-bond donors (Lipinski definition) is 1. The molecule has 0 unspecified atom stereocenters. The molecule has 0 saturated carbocycles. The lowest BCUT2D eigenvalue weighted by atomic mass is 10.2. The van der Waals surface area contributed by atoms with Crippen LogP contribution in [0.2, 0.25) is 0 Å². The van der Waals surface area contributed by atoms with Crippen LogP contribution >= 0.6 is 11.3 Å². The average molecular weight is 378 g/mol.